The van der Waals surface area contributed by atoms with E-state index in [0.717, 1.165) is 21.9 Å². The van der Waals surface area contributed by atoms with Gasteiger partial charge in [-0.05, 0) is 17.9 Å². The van der Waals surface area contributed by atoms with Crippen LogP contribution >= 0.6 is 11.8 Å². The normalized spacial score (nSPS) is 17.8. The van der Waals surface area contributed by atoms with Crippen molar-refractivity contribution in [1.29, 1.82) is 0 Å². The third-order valence-corrected chi connectivity index (χ3v) is 5.25. The Morgan fingerprint density at radius 3 is 2.71 bits per heavy atom. The van der Waals surface area contributed by atoms with Gasteiger partial charge in [0.2, 0.25) is 0 Å². The van der Waals surface area contributed by atoms with E-state index in [1.54, 1.807) is 19.2 Å². The van der Waals surface area contributed by atoms with Crippen molar-refractivity contribution >= 4 is 28.5 Å². The standard InChI is InChI=1S/C20H20N4O3S/c1-4-28-20-22-19(25)16-12-8-5-6-10-14(12)21-18(24(16)23-20)13-9-7-11-15(26-2)17(13)27-3/h5-11,18H,4H2,1-3H3,(H,22,23,25). The molecule has 2 aliphatic heterocycles. The Labute approximate surface area is 166 Å². The molecule has 4 rings (SSSR count). The molecule has 7 nitrogen and oxygen atoms in total. The number of carbonyl (C=O) groups is 1. The van der Waals surface area contributed by atoms with Crippen molar-refractivity contribution in [1.82, 2.24) is 10.3 Å². The van der Waals surface area contributed by atoms with Gasteiger partial charge >= 0.3 is 0 Å². The van der Waals surface area contributed by atoms with Crippen LogP contribution in [0, 0.1) is 0 Å². The molecule has 28 heavy (non-hydrogen) atoms. The topological polar surface area (TPSA) is 75.5 Å². The summed E-state index contributed by atoms with van der Waals surface area (Å²) < 4.78 is 11.1. The first-order valence-electron chi connectivity index (χ1n) is 8.88. The molecule has 0 aromatic heterocycles. The molecule has 0 bridgehead atoms. The molecule has 0 aliphatic carbocycles. The van der Waals surface area contributed by atoms with Crippen LogP contribution in [0.2, 0.25) is 0 Å². The summed E-state index contributed by atoms with van der Waals surface area (Å²) >= 11 is 1.47. The quantitative estimate of drug-likeness (QED) is 0.850. The summed E-state index contributed by atoms with van der Waals surface area (Å²) in [5.74, 6) is 1.77. The number of hydrazone groups is 1. The monoisotopic (exact) mass is 396 g/mol. The number of rotatable bonds is 4. The zero-order chi connectivity index (χ0) is 19.7. The van der Waals surface area contributed by atoms with Gasteiger partial charge in [0.15, 0.2) is 22.8 Å². The lowest BCUT2D eigenvalue weighted by atomic mass is 10.1. The number of fused-ring (bicyclic) bond motifs is 2. The second-order valence-electron chi connectivity index (χ2n) is 6.09. The number of benzene rings is 2. The van der Waals surface area contributed by atoms with Crippen LogP contribution in [0.4, 0.5) is 0 Å². The van der Waals surface area contributed by atoms with Gasteiger partial charge in [0.25, 0.3) is 5.91 Å². The summed E-state index contributed by atoms with van der Waals surface area (Å²) in [6, 6.07) is 13.2. The van der Waals surface area contributed by atoms with Gasteiger partial charge in [-0.3, -0.25) is 15.1 Å². The van der Waals surface area contributed by atoms with E-state index in [0.29, 0.717) is 22.4 Å². The molecule has 0 saturated heterocycles. The van der Waals surface area contributed by atoms with Gasteiger partial charge in [-0.1, -0.05) is 49.0 Å². The average Bonchev–Trinajstić information content (AvgIpc) is 2.72. The number of ether oxygens (including phenoxy) is 2. The average molecular weight is 396 g/mol. The molecule has 1 unspecified atom stereocenters. The van der Waals surface area contributed by atoms with E-state index >= 15 is 0 Å². The molecular weight excluding hydrogens is 376 g/mol. The molecular formula is C20H20N4O3S. The number of methoxy groups -OCH3 is 2. The maximum Gasteiger partial charge on any atom is 0.276 e. The van der Waals surface area contributed by atoms with Crippen molar-refractivity contribution in [2.24, 2.45) is 10.1 Å². The summed E-state index contributed by atoms with van der Waals surface area (Å²) in [5.41, 5.74) is 1.24. The van der Waals surface area contributed by atoms with Crippen LogP contribution < -0.4 is 25.4 Å². The number of carbonyl (C=O) groups excluding carboxylic acids is 1. The minimum atomic E-state index is -0.548. The maximum absolute atomic E-state index is 12.9. The van der Waals surface area contributed by atoms with E-state index < -0.39 is 6.17 Å². The van der Waals surface area contributed by atoms with Crippen LogP contribution in [0.15, 0.2) is 52.6 Å². The van der Waals surface area contributed by atoms with E-state index in [2.05, 4.69) is 10.4 Å². The maximum atomic E-state index is 12.9. The van der Waals surface area contributed by atoms with Crippen molar-refractivity contribution in [2.75, 3.05) is 20.0 Å². The summed E-state index contributed by atoms with van der Waals surface area (Å²) in [6.45, 7) is 2.01. The van der Waals surface area contributed by atoms with Gasteiger partial charge in [0.05, 0.1) is 19.6 Å². The molecule has 2 aliphatic rings. The Bertz CT molecular complexity index is 1080. The molecule has 2 aromatic carbocycles. The van der Waals surface area contributed by atoms with Gasteiger partial charge in [0, 0.05) is 10.8 Å². The summed E-state index contributed by atoms with van der Waals surface area (Å²) in [7, 11) is 3.18. The fourth-order valence-electron chi connectivity index (χ4n) is 3.35. The summed E-state index contributed by atoms with van der Waals surface area (Å²) in [6.07, 6.45) is -0.548. The van der Waals surface area contributed by atoms with Crippen LogP contribution in [-0.4, -0.2) is 36.1 Å². The summed E-state index contributed by atoms with van der Waals surface area (Å²) in [5, 5.41) is 11.3. The largest absolute Gasteiger partial charge is 0.493 e. The number of hydrogen-bond donors (Lipinski definition) is 1. The number of nitrogens with zero attached hydrogens (tertiary/aromatic N) is 3. The Morgan fingerprint density at radius 1 is 1.14 bits per heavy atom. The highest BCUT2D eigenvalue weighted by atomic mass is 32.2. The van der Waals surface area contributed by atoms with Crippen LogP contribution in [0.3, 0.4) is 0 Å². The SMILES string of the molecule is CCSC1=NN2C(=c3ccccc3=NC2c2cccc(OC)c2OC)C(=O)N1. The van der Waals surface area contributed by atoms with E-state index in [9.17, 15) is 4.79 Å². The lowest BCUT2D eigenvalue weighted by Crippen LogP contribution is -2.50. The summed E-state index contributed by atoms with van der Waals surface area (Å²) in [4.78, 5) is 17.8. The van der Waals surface area contributed by atoms with E-state index in [4.69, 9.17) is 14.5 Å². The minimum Gasteiger partial charge on any atom is -0.493 e. The van der Waals surface area contributed by atoms with Crippen molar-refractivity contribution in [3.8, 4) is 11.5 Å². The molecule has 1 amide bonds. The third kappa shape index (κ3) is 2.99. The third-order valence-electron chi connectivity index (χ3n) is 4.51. The van der Waals surface area contributed by atoms with Gasteiger partial charge in [-0.15, -0.1) is 5.10 Å². The first-order chi connectivity index (χ1) is 13.7. The van der Waals surface area contributed by atoms with Crippen molar-refractivity contribution in [2.45, 2.75) is 13.1 Å². The molecule has 2 aromatic rings. The van der Waals surface area contributed by atoms with Gasteiger partial charge in [-0.25, -0.2) is 5.01 Å². The number of para-hydroxylation sites is 2. The molecule has 2 heterocycles. The zero-order valence-corrected chi connectivity index (χ0v) is 16.6. The highest BCUT2D eigenvalue weighted by Crippen LogP contribution is 2.40. The number of thioether (sulfide) groups is 1. The second kappa shape index (κ2) is 7.55. The molecule has 1 N–H and O–H groups in total. The highest BCUT2D eigenvalue weighted by Gasteiger charge is 2.36. The Balaban J connectivity index is 1.98. The van der Waals surface area contributed by atoms with Crippen molar-refractivity contribution in [3.05, 3.63) is 58.6 Å². The fourth-order valence-corrected chi connectivity index (χ4v) is 3.93. The van der Waals surface area contributed by atoms with Crippen LogP contribution in [0.5, 0.6) is 11.5 Å². The fraction of sp³-hybridized carbons (Fsp3) is 0.250. The predicted octanol–water partition coefficient (Wildman–Crippen LogP) is 1.60. The Kier molecular flexibility index (Phi) is 4.95. The smallest absolute Gasteiger partial charge is 0.276 e. The lowest BCUT2D eigenvalue weighted by Gasteiger charge is -2.34. The van der Waals surface area contributed by atoms with Gasteiger partial charge < -0.3 is 9.47 Å². The zero-order valence-electron chi connectivity index (χ0n) is 15.8. The van der Waals surface area contributed by atoms with Crippen LogP contribution in [0.25, 0.3) is 5.70 Å². The number of nitrogens with one attached hydrogen (secondary N) is 1. The van der Waals surface area contributed by atoms with Crippen LogP contribution in [-0.2, 0) is 4.79 Å². The van der Waals surface area contributed by atoms with Crippen molar-refractivity contribution < 1.29 is 14.3 Å². The van der Waals surface area contributed by atoms with Gasteiger partial charge in [0.1, 0.15) is 5.70 Å². The highest BCUT2D eigenvalue weighted by molar-refractivity contribution is 8.13. The molecule has 144 valence electrons. The number of amides is 1. The molecule has 0 saturated carbocycles. The van der Waals surface area contributed by atoms with E-state index in [-0.39, 0.29) is 5.91 Å². The molecule has 1 atom stereocenters. The van der Waals surface area contributed by atoms with E-state index in [1.807, 2.05) is 49.4 Å². The minimum absolute atomic E-state index is 0.194. The van der Waals surface area contributed by atoms with Gasteiger partial charge in [-0.2, -0.15) is 0 Å². The molecule has 8 heteroatoms. The van der Waals surface area contributed by atoms with Crippen LogP contribution in [0.1, 0.15) is 18.7 Å². The first kappa shape index (κ1) is 18.4. The molecule has 0 fully saturated rings. The molecule has 0 radical (unpaired) electrons. The first-order valence-corrected chi connectivity index (χ1v) is 9.86. The second-order valence-corrected chi connectivity index (χ2v) is 7.34. The van der Waals surface area contributed by atoms with Crippen molar-refractivity contribution in [3.63, 3.8) is 0 Å². The molecule has 0 spiro atoms. The lowest BCUT2D eigenvalue weighted by molar-refractivity contribution is -0.116. The predicted molar refractivity (Wildman–Crippen MR) is 108 cm³/mol. The van der Waals surface area contributed by atoms with E-state index in [1.165, 1.54) is 11.8 Å². The number of hydrogen-bond acceptors (Lipinski definition) is 7. The number of amidine groups is 1. The Hall–Kier alpha value is -3.00. The Morgan fingerprint density at radius 2 is 1.96 bits per heavy atom.